The molecule has 0 saturated heterocycles. The Morgan fingerprint density at radius 3 is 2.77 bits per heavy atom. The summed E-state index contributed by atoms with van der Waals surface area (Å²) in [5, 5.41) is 6.45. The first-order valence-corrected chi connectivity index (χ1v) is 7.63. The summed E-state index contributed by atoms with van der Waals surface area (Å²) in [6.45, 7) is 4.70. The number of anilines is 2. The highest BCUT2D eigenvalue weighted by Crippen LogP contribution is 2.21. The summed E-state index contributed by atoms with van der Waals surface area (Å²) in [5.41, 5.74) is 0.873. The van der Waals surface area contributed by atoms with Crippen LogP contribution in [-0.2, 0) is 0 Å². The van der Waals surface area contributed by atoms with Gasteiger partial charge in [0.2, 0.25) is 0 Å². The second-order valence-electron chi connectivity index (χ2n) is 4.90. The monoisotopic (exact) mass is 318 g/mol. The molecule has 2 aromatic rings. The molecule has 0 aliphatic heterocycles. The maximum atomic E-state index is 12.3. The van der Waals surface area contributed by atoms with Crippen molar-refractivity contribution in [3.8, 4) is 0 Å². The molecular weight excluding hydrogens is 300 g/mol. The van der Waals surface area contributed by atoms with E-state index in [2.05, 4.69) is 27.5 Å². The minimum atomic E-state index is -0.308. The van der Waals surface area contributed by atoms with Crippen LogP contribution in [0.3, 0.4) is 0 Å². The van der Waals surface area contributed by atoms with Crippen LogP contribution in [0.2, 0.25) is 5.02 Å². The van der Waals surface area contributed by atoms with Crippen LogP contribution in [0.5, 0.6) is 0 Å². The molecule has 1 heterocycles. The molecule has 0 fully saturated rings. The van der Waals surface area contributed by atoms with E-state index in [0.29, 0.717) is 28.0 Å². The largest absolute Gasteiger partial charge is 0.370 e. The number of hydrogen-bond donors (Lipinski definition) is 2. The second kappa shape index (κ2) is 7.75. The van der Waals surface area contributed by atoms with Crippen molar-refractivity contribution in [1.29, 1.82) is 0 Å². The number of amides is 1. The van der Waals surface area contributed by atoms with Gasteiger partial charge in [-0.05, 0) is 25.5 Å². The quantitative estimate of drug-likeness (QED) is 0.793. The summed E-state index contributed by atoms with van der Waals surface area (Å²) in [6, 6.07) is 8.73. The lowest BCUT2D eigenvalue weighted by Crippen LogP contribution is -2.16. The van der Waals surface area contributed by atoms with Crippen molar-refractivity contribution in [3.05, 3.63) is 46.9 Å². The minimum Gasteiger partial charge on any atom is -0.370 e. The van der Waals surface area contributed by atoms with Crippen molar-refractivity contribution < 1.29 is 4.79 Å². The van der Waals surface area contributed by atoms with E-state index < -0.39 is 0 Å². The number of benzene rings is 1. The highest BCUT2D eigenvalue weighted by atomic mass is 35.5. The van der Waals surface area contributed by atoms with Crippen LogP contribution in [0.1, 0.15) is 36.1 Å². The Morgan fingerprint density at radius 2 is 2.05 bits per heavy atom. The van der Waals surface area contributed by atoms with Crippen LogP contribution >= 0.6 is 11.6 Å². The van der Waals surface area contributed by atoms with Crippen molar-refractivity contribution in [3.63, 3.8) is 0 Å². The van der Waals surface area contributed by atoms with Crippen LogP contribution in [0, 0.1) is 6.92 Å². The van der Waals surface area contributed by atoms with Crippen LogP contribution < -0.4 is 10.6 Å². The molecule has 0 unspecified atom stereocenters. The Balaban J connectivity index is 2.13. The highest BCUT2D eigenvalue weighted by molar-refractivity contribution is 6.33. The molecule has 1 amide bonds. The molecule has 0 bridgehead atoms. The molecule has 0 spiro atoms. The molecule has 0 radical (unpaired) electrons. The molecule has 116 valence electrons. The van der Waals surface area contributed by atoms with E-state index in [9.17, 15) is 4.79 Å². The van der Waals surface area contributed by atoms with Crippen LogP contribution in [0.25, 0.3) is 0 Å². The fraction of sp³-hybridized carbons (Fsp3) is 0.312. The van der Waals surface area contributed by atoms with Gasteiger partial charge < -0.3 is 10.6 Å². The molecule has 0 aliphatic rings. The SMILES string of the molecule is CCCCNc1cc(C(=O)Nc2ccccc2Cl)nc(C)n1. The number of carbonyl (C=O) groups excluding carboxylic acids is 1. The predicted octanol–water partition coefficient (Wildman–Crippen LogP) is 3.90. The Hall–Kier alpha value is -2.14. The van der Waals surface area contributed by atoms with Gasteiger partial charge in [0.15, 0.2) is 0 Å². The summed E-state index contributed by atoms with van der Waals surface area (Å²) < 4.78 is 0. The van der Waals surface area contributed by atoms with E-state index in [1.807, 2.05) is 12.1 Å². The average Bonchev–Trinajstić information content (AvgIpc) is 2.49. The van der Waals surface area contributed by atoms with Gasteiger partial charge in [0.05, 0.1) is 10.7 Å². The number of para-hydroxylation sites is 1. The van der Waals surface area contributed by atoms with Crippen molar-refractivity contribution in [1.82, 2.24) is 9.97 Å². The Labute approximate surface area is 135 Å². The Bertz CT molecular complexity index is 660. The molecule has 1 aromatic heterocycles. The summed E-state index contributed by atoms with van der Waals surface area (Å²) in [4.78, 5) is 20.8. The number of hydrogen-bond acceptors (Lipinski definition) is 4. The second-order valence-corrected chi connectivity index (χ2v) is 5.31. The first kappa shape index (κ1) is 16.2. The summed E-state index contributed by atoms with van der Waals surface area (Å²) in [6.07, 6.45) is 2.14. The van der Waals surface area contributed by atoms with Gasteiger partial charge in [-0.3, -0.25) is 4.79 Å². The zero-order valence-corrected chi connectivity index (χ0v) is 13.4. The lowest BCUT2D eigenvalue weighted by atomic mass is 10.3. The van der Waals surface area contributed by atoms with Gasteiger partial charge in [-0.2, -0.15) is 0 Å². The van der Waals surface area contributed by atoms with E-state index in [4.69, 9.17) is 11.6 Å². The normalized spacial score (nSPS) is 10.3. The standard InChI is InChI=1S/C16H19ClN4O/c1-3-4-9-18-15-10-14(19-11(2)20-15)16(22)21-13-8-6-5-7-12(13)17/h5-8,10H,3-4,9H2,1-2H3,(H,21,22)(H,18,19,20). The van der Waals surface area contributed by atoms with Crippen LogP contribution in [0.15, 0.2) is 30.3 Å². The number of nitrogens with zero attached hydrogens (tertiary/aromatic N) is 2. The molecule has 22 heavy (non-hydrogen) atoms. The van der Waals surface area contributed by atoms with Gasteiger partial charge in [0, 0.05) is 12.6 Å². The molecular formula is C16H19ClN4O. The number of aryl methyl sites for hydroxylation is 1. The number of unbranched alkanes of at least 4 members (excludes halogenated alkanes) is 1. The first-order valence-electron chi connectivity index (χ1n) is 7.25. The van der Waals surface area contributed by atoms with Gasteiger partial charge in [-0.25, -0.2) is 9.97 Å². The minimum absolute atomic E-state index is 0.308. The van der Waals surface area contributed by atoms with E-state index in [-0.39, 0.29) is 5.91 Å². The molecule has 6 heteroatoms. The number of rotatable bonds is 6. The third-order valence-corrected chi connectivity index (χ3v) is 3.36. The Kier molecular flexibility index (Phi) is 5.72. The van der Waals surface area contributed by atoms with E-state index in [0.717, 1.165) is 19.4 Å². The lowest BCUT2D eigenvalue weighted by molar-refractivity contribution is 0.102. The topological polar surface area (TPSA) is 66.9 Å². The smallest absolute Gasteiger partial charge is 0.274 e. The molecule has 2 rings (SSSR count). The highest BCUT2D eigenvalue weighted by Gasteiger charge is 2.12. The molecule has 0 saturated carbocycles. The maximum Gasteiger partial charge on any atom is 0.274 e. The van der Waals surface area contributed by atoms with E-state index >= 15 is 0 Å². The van der Waals surface area contributed by atoms with E-state index in [1.54, 1.807) is 25.1 Å². The molecule has 5 nitrogen and oxygen atoms in total. The Morgan fingerprint density at radius 1 is 1.27 bits per heavy atom. The number of carbonyl (C=O) groups is 1. The van der Waals surface area contributed by atoms with Gasteiger partial charge in [-0.1, -0.05) is 37.1 Å². The molecule has 0 aliphatic carbocycles. The zero-order valence-electron chi connectivity index (χ0n) is 12.7. The predicted molar refractivity (Wildman–Crippen MR) is 89.6 cm³/mol. The van der Waals surface area contributed by atoms with Crippen molar-refractivity contribution in [2.45, 2.75) is 26.7 Å². The van der Waals surface area contributed by atoms with Crippen LogP contribution in [0.4, 0.5) is 11.5 Å². The summed E-state index contributed by atoms with van der Waals surface area (Å²) in [5.74, 6) is 0.896. The number of nitrogens with one attached hydrogen (secondary N) is 2. The fourth-order valence-electron chi connectivity index (χ4n) is 1.92. The molecule has 2 N–H and O–H groups in total. The third kappa shape index (κ3) is 4.43. The number of halogens is 1. The lowest BCUT2D eigenvalue weighted by Gasteiger charge is -2.09. The van der Waals surface area contributed by atoms with Crippen molar-refractivity contribution in [2.24, 2.45) is 0 Å². The summed E-state index contributed by atoms with van der Waals surface area (Å²) in [7, 11) is 0. The van der Waals surface area contributed by atoms with Crippen molar-refractivity contribution in [2.75, 3.05) is 17.2 Å². The van der Waals surface area contributed by atoms with Gasteiger partial charge in [0.1, 0.15) is 17.3 Å². The maximum absolute atomic E-state index is 12.3. The van der Waals surface area contributed by atoms with Gasteiger partial charge in [-0.15, -0.1) is 0 Å². The van der Waals surface area contributed by atoms with Gasteiger partial charge in [0.25, 0.3) is 5.91 Å². The van der Waals surface area contributed by atoms with E-state index in [1.165, 1.54) is 0 Å². The third-order valence-electron chi connectivity index (χ3n) is 3.03. The number of aromatic nitrogens is 2. The molecule has 0 atom stereocenters. The zero-order chi connectivity index (χ0) is 15.9. The average molecular weight is 319 g/mol. The first-order chi connectivity index (χ1) is 10.6. The molecule has 1 aromatic carbocycles. The summed E-state index contributed by atoms with van der Waals surface area (Å²) >= 11 is 6.04. The fourth-order valence-corrected chi connectivity index (χ4v) is 2.10. The van der Waals surface area contributed by atoms with Crippen molar-refractivity contribution >= 4 is 29.0 Å². The van der Waals surface area contributed by atoms with Crippen LogP contribution in [-0.4, -0.2) is 22.4 Å². The van der Waals surface area contributed by atoms with Gasteiger partial charge >= 0.3 is 0 Å².